The van der Waals surface area contributed by atoms with Crippen LogP contribution in [-0.4, -0.2) is 43.9 Å². The number of nitrogens with one attached hydrogen (secondary N) is 1. The minimum Gasteiger partial charge on any atom is -0.444 e. The second-order valence-corrected chi connectivity index (χ2v) is 14.9. The lowest BCUT2D eigenvalue weighted by Gasteiger charge is -2.46. The second kappa shape index (κ2) is 11.3. The van der Waals surface area contributed by atoms with E-state index < -0.39 is 20.0 Å². The predicted octanol–water partition coefficient (Wildman–Crippen LogP) is 4.62. The average Bonchev–Trinajstić information content (AvgIpc) is 2.73. The van der Waals surface area contributed by atoms with Gasteiger partial charge >= 0.3 is 6.09 Å². The van der Waals surface area contributed by atoms with E-state index in [1.807, 2.05) is 39.8 Å². The fourth-order valence-electron chi connectivity index (χ4n) is 4.21. The van der Waals surface area contributed by atoms with Crippen LogP contribution in [0, 0.1) is 0 Å². The predicted molar refractivity (Wildman–Crippen MR) is 138 cm³/mol. The number of aliphatic hydroxyl groups is 1. The molecule has 5 nitrogen and oxygen atoms in total. The van der Waals surface area contributed by atoms with Crippen molar-refractivity contribution in [3.05, 3.63) is 60.7 Å². The molecule has 2 N–H and O–H groups in total. The van der Waals surface area contributed by atoms with Crippen LogP contribution in [0.1, 0.15) is 61.3 Å². The molecule has 0 bridgehead atoms. The monoisotopic (exact) mass is 471 g/mol. The van der Waals surface area contributed by atoms with Crippen molar-refractivity contribution in [1.29, 1.82) is 0 Å². The maximum atomic E-state index is 12.5. The molecule has 0 radical (unpaired) electrons. The first-order valence-corrected chi connectivity index (χ1v) is 13.7. The number of rotatable bonds is 9. The number of alkyl carbamates (subject to hydrolysis) is 1. The molecule has 0 aromatic heterocycles. The van der Waals surface area contributed by atoms with Crippen molar-refractivity contribution >= 4 is 24.8 Å². The number of carbonyl (C=O) groups is 1. The Morgan fingerprint density at radius 3 is 1.82 bits per heavy atom. The Morgan fingerprint density at radius 1 is 0.939 bits per heavy atom. The van der Waals surface area contributed by atoms with Gasteiger partial charge in [0, 0.05) is 6.61 Å². The van der Waals surface area contributed by atoms with Crippen molar-refractivity contribution in [1.82, 2.24) is 5.32 Å². The molecule has 0 heterocycles. The molecule has 1 amide bonds. The average molecular weight is 472 g/mol. The van der Waals surface area contributed by atoms with Crippen LogP contribution in [0.4, 0.5) is 4.79 Å². The summed E-state index contributed by atoms with van der Waals surface area (Å²) in [5.74, 6) is 0. The van der Waals surface area contributed by atoms with Gasteiger partial charge in [0.25, 0.3) is 8.32 Å². The van der Waals surface area contributed by atoms with Gasteiger partial charge in [-0.25, -0.2) is 4.79 Å². The van der Waals surface area contributed by atoms with E-state index in [9.17, 15) is 9.90 Å². The van der Waals surface area contributed by atoms with E-state index in [0.29, 0.717) is 12.8 Å². The van der Waals surface area contributed by atoms with E-state index in [0.717, 1.165) is 0 Å². The third kappa shape index (κ3) is 7.16. The van der Waals surface area contributed by atoms with Crippen LogP contribution >= 0.6 is 0 Å². The molecule has 0 spiro atoms. The van der Waals surface area contributed by atoms with E-state index in [1.54, 1.807) is 0 Å². The van der Waals surface area contributed by atoms with Gasteiger partial charge in [0.05, 0.1) is 12.1 Å². The maximum Gasteiger partial charge on any atom is 0.407 e. The molecule has 0 unspecified atom stereocenters. The smallest absolute Gasteiger partial charge is 0.407 e. The normalized spacial score (nSPS) is 14.4. The van der Waals surface area contributed by atoms with Crippen molar-refractivity contribution in [2.45, 2.75) is 84.1 Å². The number of hydrogen-bond acceptors (Lipinski definition) is 4. The summed E-state index contributed by atoms with van der Waals surface area (Å²) in [7, 11) is -2.80. The molecular weight excluding hydrogens is 430 g/mol. The zero-order valence-electron chi connectivity index (χ0n) is 21.2. The third-order valence-corrected chi connectivity index (χ3v) is 10.8. The number of aliphatic hydroxyl groups excluding tert-OH is 1. The fourth-order valence-corrected chi connectivity index (χ4v) is 9.00. The quantitative estimate of drug-likeness (QED) is 0.524. The first kappa shape index (κ1) is 27.1. The van der Waals surface area contributed by atoms with Gasteiger partial charge in [0.2, 0.25) is 0 Å². The Bertz CT molecular complexity index is 820. The van der Waals surface area contributed by atoms with Crippen LogP contribution in [0.2, 0.25) is 5.04 Å². The molecule has 2 aromatic rings. The van der Waals surface area contributed by atoms with Gasteiger partial charge in [-0.2, -0.15) is 0 Å². The minimum atomic E-state index is -2.80. The molecular formula is C27H41NO4Si. The maximum absolute atomic E-state index is 12.5. The SMILES string of the molecule is C[C@H](NC(=O)OC(C)(C)C)[C@H](CCCO)O[Si](c1ccccc1)(c1ccccc1)C(C)(C)C. The van der Waals surface area contributed by atoms with Gasteiger partial charge in [0.1, 0.15) is 5.60 Å². The lowest BCUT2D eigenvalue weighted by Crippen LogP contribution is -2.69. The number of amides is 1. The van der Waals surface area contributed by atoms with Crippen LogP contribution in [0.5, 0.6) is 0 Å². The molecule has 0 saturated carbocycles. The molecule has 6 heteroatoms. The molecule has 0 saturated heterocycles. The van der Waals surface area contributed by atoms with E-state index in [4.69, 9.17) is 9.16 Å². The fraction of sp³-hybridized carbons (Fsp3) is 0.519. The number of carbonyl (C=O) groups excluding carboxylic acids is 1. The van der Waals surface area contributed by atoms with Crippen LogP contribution in [0.15, 0.2) is 60.7 Å². The molecule has 0 aliphatic heterocycles. The van der Waals surface area contributed by atoms with Crippen LogP contribution in [0.25, 0.3) is 0 Å². The lowest BCUT2D eigenvalue weighted by atomic mass is 10.1. The summed E-state index contributed by atoms with van der Waals surface area (Å²) >= 11 is 0. The summed E-state index contributed by atoms with van der Waals surface area (Å²) in [6.45, 7) is 14.2. The molecule has 0 aliphatic rings. The Kier molecular flexibility index (Phi) is 9.29. The summed E-state index contributed by atoms with van der Waals surface area (Å²) in [5.41, 5.74) is -0.580. The minimum absolute atomic E-state index is 0.0692. The number of hydrogen-bond donors (Lipinski definition) is 2. The first-order chi connectivity index (χ1) is 15.4. The van der Waals surface area contributed by atoms with Crippen LogP contribution in [0.3, 0.4) is 0 Å². The molecule has 33 heavy (non-hydrogen) atoms. The standard InChI is InChI=1S/C27H41NO4Si/c1-21(28-25(30)31-26(2,3)4)24(19-14-20-29)32-33(27(5,6)7,22-15-10-8-11-16-22)23-17-12-9-13-18-23/h8-13,15-18,21,24,29H,14,19-20H2,1-7H3,(H,28,30)/t21-,24-/m0/s1. The molecule has 0 aliphatic carbocycles. The molecule has 2 aromatic carbocycles. The van der Waals surface area contributed by atoms with E-state index >= 15 is 0 Å². The van der Waals surface area contributed by atoms with Crippen molar-refractivity contribution in [2.24, 2.45) is 0 Å². The van der Waals surface area contributed by atoms with Gasteiger partial charge in [-0.05, 0) is 55.9 Å². The summed E-state index contributed by atoms with van der Waals surface area (Å²) in [6.07, 6.45) is 0.451. The molecule has 182 valence electrons. The Balaban J connectivity index is 2.53. The molecule has 2 atom stereocenters. The summed E-state index contributed by atoms with van der Waals surface area (Å²) in [5, 5.41) is 14.7. The highest BCUT2D eigenvalue weighted by atomic mass is 28.4. The van der Waals surface area contributed by atoms with Crippen molar-refractivity contribution in [3.63, 3.8) is 0 Å². The highest BCUT2D eigenvalue weighted by Crippen LogP contribution is 2.38. The van der Waals surface area contributed by atoms with Crippen LogP contribution < -0.4 is 15.7 Å². The number of ether oxygens (including phenoxy) is 1. The van der Waals surface area contributed by atoms with Crippen molar-refractivity contribution in [3.8, 4) is 0 Å². The van der Waals surface area contributed by atoms with Gasteiger partial charge in [-0.15, -0.1) is 0 Å². The highest BCUT2D eigenvalue weighted by Gasteiger charge is 2.52. The molecule has 0 fully saturated rings. The highest BCUT2D eigenvalue weighted by molar-refractivity contribution is 6.99. The van der Waals surface area contributed by atoms with Crippen molar-refractivity contribution < 1.29 is 19.1 Å². The summed E-state index contributed by atoms with van der Waals surface area (Å²) in [4.78, 5) is 12.5. The zero-order valence-corrected chi connectivity index (χ0v) is 22.2. The van der Waals surface area contributed by atoms with Crippen molar-refractivity contribution in [2.75, 3.05) is 6.61 Å². The zero-order chi connectivity index (χ0) is 24.7. The second-order valence-electron chi connectivity index (χ2n) is 10.6. The topological polar surface area (TPSA) is 67.8 Å². The molecule has 2 rings (SSSR count). The van der Waals surface area contributed by atoms with Gasteiger partial charge < -0.3 is 19.6 Å². The van der Waals surface area contributed by atoms with Gasteiger partial charge in [-0.1, -0.05) is 81.4 Å². The van der Waals surface area contributed by atoms with E-state index in [1.165, 1.54) is 10.4 Å². The van der Waals surface area contributed by atoms with E-state index in [-0.39, 0.29) is 23.8 Å². The van der Waals surface area contributed by atoms with Gasteiger partial charge in [0.15, 0.2) is 0 Å². The Labute approximate surface area is 200 Å². The van der Waals surface area contributed by atoms with Gasteiger partial charge in [-0.3, -0.25) is 0 Å². The lowest BCUT2D eigenvalue weighted by molar-refractivity contribution is 0.0438. The third-order valence-electron chi connectivity index (χ3n) is 5.69. The Hall–Kier alpha value is -2.15. The first-order valence-electron chi connectivity index (χ1n) is 11.8. The largest absolute Gasteiger partial charge is 0.444 e. The van der Waals surface area contributed by atoms with Crippen LogP contribution in [-0.2, 0) is 9.16 Å². The summed E-state index contributed by atoms with van der Waals surface area (Å²) < 4.78 is 12.7. The summed E-state index contributed by atoms with van der Waals surface area (Å²) in [6, 6.07) is 20.6. The number of benzene rings is 2. The Morgan fingerprint density at radius 2 is 1.42 bits per heavy atom. The van der Waals surface area contributed by atoms with E-state index in [2.05, 4.69) is 74.6 Å².